The van der Waals surface area contributed by atoms with Crippen molar-refractivity contribution in [1.82, 2.24) is 20.1 Å². The smallest absolute Gasteiger partial charge is 0.253 e. The zero-order valence-corrected chi connectivity index (χ0v) is 18.8. The van der Waals surface area contributed by atoms with Gasteiger partial charge in [0.15, 0.2) is 0 Å². The monoisotopic (exact) mass is 455 g/mol. The lowest BCUT2D eigenvalue weighted by atomic mass is 9.80. The summed E-state index contributed by atoms with van der Waals surface area (Å²) in [5.74, 6) is -1.22. The number of allylic oxidation sites excluding steroid dienone is 2. The molecule has 1 aromatic heterocycles. The third kappa shape index (κ3) is 4.10. The van der Waals surface area contributed by atoms with Gasteiger partial charge in [-0.05, 0) is 43.2 Å². The fraction of sp³-hybridized carbons (Fsp3) is 0.231. The summed E-state index contributed by atoms with van der Waals surface area (Å²) in [5.41, 5.74) is 5.46. The molecule has 0 spiro atoms. The molecule has 2 aliphatic rings. The van der Waals surface area contributed by atoms with Crippen LogP contribution in [0.15, 0.2) is 79.1 Å². The van der Waals surface area contributed by atoms with Crippen molar-refractivity contribution < 1.29 is 14.4 Å². The van der Waals surface area contributed by atoms with E-state index in [0.29, 0.717) is 30.6 Å². The topological polar surface area (TPSA) is 87.5 Å². The van der Waals surface area contributed by atoms with Crippen molar-refractivity contribution in [2.45, 2.75) is 19.4 Å². The molecule has 8 heteroatoms. The highest BCUT2D eigenvalue weighted by Gasteiger charge is 2.42. The van der Waals surface area contributed by atoms with Crippen LogP contribution in [0, 0.1) is 11.8 Å². The molecule has 0 bridgehead atoms. The van der Waals surface area contributed by atoms with Crippen LogP contribution in [0.4, 0.5) is 5.69 Å². The number of carbonyl (C=O) groups is 3. The molecule has 0 saturated carbocycles. The maximum absolute atomic E-state index is 13.1. The van der Waals surface area contributed by atoms with Gasteiger partial charge in [-0.3, -0.25) is 19.8 Å². The summed E-state index contributed by atoms with van der Waals surface area (Å²) in [6.45, 7) is 0.380. The largest absolute Gasteiger partial charge is 0.337 e. The molecule has 3 amide bonds. The Morgan fingerprint density at radius 1 is 1.03 bits per heavy atom. The van der Waals surface area contributed by atoms with Crippen LogP contribution in [0.1, 0.15) is 28.8 Å². The van der Waals surface area contributed by atoms with E-state index in [2.05, 4.69) is 10.5 Å². The Hall–Kier alpha value is -4.20. The second kappa shape index (κ2) is 8.97. The maximum atomic E-state index is 13.1. The van der Waals surface area contributed by atoms with E-state index in [4.69, 9.17) is 0 Å². The number of para-hydroxylation sites is 1. The van der Waals surface area contributed by atoms with Crippen LogP contribution in [0.2, 0.25) is 0 Å². The fourth-order valence-electron chi connectivity index (χ4n) is 4.49. The number of nitrogens with zero attached hydrogens (tertiary/aromatic N) is 4. The van der Waals surface area contributed by atoms with Gasteiger partial charge >= 0.3 is 0 Å². The van der Waals surface area contributed by atoms with Crippen LogP contribution in [-0.4, -0.2) is 39.4 Å². The summed E-state index contributed by atoms with van der Waals surface area (Å²) in [5, 5.41) is 5.67. The van der Waals surface area contributed by atoms with Gasteiger partial charge in [0.25, 0.3) is 5.91 Å². The van der Waals surface area contributed by atoms with Crippen LogP contribution in [0.25, 0.3) is 5.69 Å². The molecule has 1 N–H and O–H groups in total. The average molecular weight is 456 g/mol. The molecule has 172 valence electrons. The minimum atomic E-state index is -0.373. The molecular formula is C26H25N5O3. The van der Waals surface area contributed by atoms with Crippen LogP contribution in [-0.2, 0) is 16.1 Å². The second-order valence-electron chi connectivity index (χ2n) is 8.65. The van der Waals surface area contributed by atoms with Gasteiger partial charge in [-0.2, -0.15) is 5.10 Å². The number of fused-ring (bicyclic) bond motifs is 1. The van der Waals surface area contributed by atoms with Crippen LogP contribution in [0.3, 0.4) is 0 Å². The molecule has 0 radical (unpaired) electrons. The summed E-state index contributed by atoms with van der Waals surface area (Å²) < 4.78 is 1.77. The Kier molecular flexibility index (Phi) is 5.71. The van der Waals surface area contributed by atoms with Gasteiger partial charge in [0.1, 0.15) is 0 Å². The second-order valence-corrected chi connectivity index (χ2v) is 8.65. The van der Waals surface area contributed by atoms with Crippen molar-refractivity contribution in [2.75, 3.05) is 12.1 Å². The highest BCUT2D eigenvalue weighted by atomic mass is 16.2. The van der Waals surface area contributed by atoms with Crippen LogP contribution in [0.5, 0.6) is 0 Å². The normalized spacial score (nSPS) is 19.5. The number of anilines is 1. The summed E-state index contributed by atoms with van der Waals surface area (Å²) in [6, 6.07) is 16.5. The van der Waals surface area contributed by atoms with Crippen LogP contribution < -0.4 is 10.4 Å². The zero-order valence-electron chi connectivity index (χ0n) is 18.8. The van der Waals surface area contributed by atoms with E-state index in [1.54, 1.807) is 47.1 Å². The Balaban J connectivity index is 1.31. The van der Waals surface area contributed by atoms with Gasteiger partial charge < -0.3 is 4.90 Å². The van der Waals surface area contributed by atoms with Gasteiger partial charge in [0.05, 0.1) is 29.4 Å². The lowest BCUT2D eigenvalue weighted by Crippen LogP contribution is -2.59. The summed E-state index contributed by atoms with van der Waals surface area (Å²) in [4.78, 5) is 40.4. The van der Waals surface area contributed by atoms with Crippen molar-refractivity contribution in [3.05, 3.63) is 90.3 Å². The third-order valence-corrected chi connectivity index (χ3v) is 6.30. The SMILES string of the molecule is CN(Cc1cnn(-c2ccccc2)c1)C(=O)c1cccc(N2NC(=O)C3CC=CCC3C2=O)c1. The quantitative estimate of drug-likeness (QED) is 0.599. The molecule has 1 aliphatic carbocycles. The molecule has 8 nitrogen and oxygen atoms in total. The van der Waals surface area contributed by atoms with Crippen molar-refractivity contribution in [2.24, 2.45) is 11.8 Å². The number of aromatic nitrogens is 2. The van der Waals surface area contributed by atoms with Crippen molar-refractivity contribution in [3.63, 3.8) is 0 Å². The summed E-state index contributed by atoms with van der Waals surface area (Å²) in [7, 11) is 1.72. The van der Waals surface area contributed by atoms with E-state index in [1.165, 1.54) is 5.01 Å². The lowest BCUT2D eigenvalue weighted by molar-refractivity contribution is -0.139. The summed E-state index contributed by atoms with van der Waals surface area (Å²) in [6.07, 6.45) is 8.65. The highest BCUT2D eigenvalue weighted by Crippen LogP contribution is 2.32. The number of hydrazine groups is 1. The predicted octanol–water partition coefficient (Wildman–Crippen LogP) is 3.10. The Bertz CT molecular complexity index is 1270. The van der Waals surface area contributed by atoms with Gasteiger partial charge in [-0.1, -0.05) is 36.4 Å². The number of benzene rings is 2. The Morgan fingerprint density at radius 2 is 1.76 bits per heavy atom. The van der Waals surface area contributed by atoms with Crippen molar-refractivity contribution in [3.8, 4) is 5.69 Å². The van der Waals surface area contributed by atoms with E-state index in [9.17, 15) is 14.4 Å². The van der Waals surface area contributed by atoms with Gasteiger partial charge in [-0.25, -0.2) is 9.69 Å². The first kappa shape index (κ1) is 21.6. The van der Waals surface area contributed by atoms with Gasteiger partial charge in [0, 0.05) is 30.9 Å². The molecule has 3 aromatic rings. The van der Waals surface area contributed by atoms with E-state index in [-0.39, 0.29) is 29.6 Å². The number of carbonyl (C=O) groups excluding carboxylic acids is 3. The Labute approximate surface area is 197 Å². The lowest BCUT2D eigenvalue weighted by Gasteiger charge is -2.38. The van der Waals surface area contributed by atoms with E-state index >= 15 is 0 Å². The first-order valence-corrected chi connectivity index (χ1v) is 11.3. The molecular weight excluding hydrogens is 430 g/mol. The first-order valence-electron chi connectivity index (χ1n) is 11.3. The van der Waals surface area contributed by atoms with E-state index in [1.807, 2.05) is 48.7 Å². The number of nitrogens with one attached hydrogen (secondary N) is 1. The average Bonchev–Trinajstić information content (AvgIpc) is 3.35. The molecule has 1 fully saturated rings. The van der Waals surface area contributed by atoms with Crippen LogP contribution >= 0.6 is 0 Å². The minimum absolute atomic E-state index is 0.153. The van der Waals surface area contributed by atoms with E-state index < -0.39 is 0 Å². The zero-order chi connectivity index (χ0) is 23.7. The highest BCUT2D eigenvalue weighted by molar-refractivity contribution is 6.05. The number of amides is 3. The molecule has 2 unspecified atom stereocenters. The molecule has 5 rings (SSSR count). The minimum Gasteiger partial charge on any atom is -0.337 e. The van der Waals surface area contributed by atoms with Gasteiger partial charge in [-0.15, -0.1) is 0 Å². The number of hydrogen-bond donors (Lipinski definition) is 1. The maximum Gasteiger partial charge on any atom is 0.253 e. The molecule has 2 aromatic carbocycles. The van der Waals surface area contributed by atoms with Crippen molar-refractivity contribution in [1.29, 1.82) is 0 Å². The molecule has 2 heterocycles. The summed E-state index contributed by atoms with van der Waals surface area (Å²) >= 11 is 0. The fourth-order valence-corrected chi connectivity index (χ4v) is 4.49. The number of rotatable bonds is 5. The third-order valence-electron chi connectivity index (χ3n) is 6.30. The molecule has 2 atom stereocenters. The number of hydrogen-bond acceptors (Lipinski definition) is 4. The predicted molar refractivity (Wildman–Crippen MR) is 127 cm³/mol. The van der Waals surface area contributed by atoms with E-state index in [0.717, 1.165) is 11.3 Å². The first-order chi connectivity index (χ1) is 16.5. The van der Waals surface area contributed by atoms with Gasteiger partial charge in [0.2, 0.25) is 11.8 Å². The van der Waals surface area contributed by atoms with Crippen molar-refractivity contribution >= 4 is 23.4 Å². The molecule has 1 aliphatic heterocycles. The molecule has 1 saturated heterocycles. The molecule has 34 heavy (non-hydrogen) atoms. The standard InChI is InChI=1S/C26H25N5O3/c1-29(16-18-15-27-30(17-18)20-9-3-2-4-10-20)25(33)19-8-7-11-21(14-19)31-26(34)23-13-6-5-12-22(23)24(32)28-31/h2-11,14-15,17,22-23H,12-13,16H2,1H3,(H,28,32). The Morgan fingerprint density at radius 3 is 2.56 bits per heavy atom.